The van der Waals surface area contributed by atoms with Gasteiger partial charge in [-0.15, -0.1) is 0 Å². The van der Waals surface area contributed by atoms with Crippen LogP contribution in [0.5, 0.6) is 0 Å². The number of nitrogens with one attached hydrogen (secondary N) is 1. The van der Waals surface area contributed by atoms with Crippen molar-refractivity contribution in [2.75, 3.05) is 0 Å². The van der Waals surface area contributed by atoms with Gasteiger partial charge >= 0.3 is 0 Å². The molecule has 1 aliphatic rings. The fourth-order valence-corrected chi connectivity index (χ4v) is 3.25. The van der Waals surface area contributed by atoms with Crippen molar-refractivity contribution in [3.63, 3.8) is 0 Å². The second-order valence-electron chi connectivity index (χ2n) is 6.01. The summed E-state index contributed by atoms with van der Waals surface area (Å²) in [4.78, 5) is 0. The van der Waals surface area contributed by atoms with Crippen molar-refractivity contribution in [1.82, 2.24) is 15.2 Å². The lowest BCUT2D eigenvalue weighted by Gasteiger charge is -2.34. The highest BCUT2D eigenvalue weighted by Crippen LogP contribution is 2.38. The molecule has 18 heavy (non-hydrogen) atoms. The van der Waals surface area contributed by atoms with Crippen molar-refractivity contribution >= 4 is 0 Å². The molecule has 1 unspecified atom stereocenters. The molecule has 1 atom stereocenters. The van der Waals surface area contributed by atoms with Gasteiger partial charge in [-0.3, -0.25) is 16.0 Å². The lowest BCUT2D eigenvalue weighted by Crippen LogP contribution is -2.35. The molecule has 4 nitrogen and oxygen atoms in total. The molecule has 3 N–H and O–H groups in total. The molecule has 1 aromatic heterocycles. The lowest BCUT2D eigenvalue weighted by atomic mass is 9.74. The summed E-state index contributed by atoms with van der Waals surface area (Å²) < 4.78 is 1.85. The Kier molecular flexibility index (Phi) is 4.40. The highest BCUT2D eigenvalue weighted by Gasteiger charge is 2.29. The van der Waals surface area contributed by atoms with Crippen LogP contribution in [0.3, 0.4) is 0 Å². The second-order valence-corrected chi connectivity index (χ2v) is 6.01. The fourth-order valence-electron chi connectivity index (χ4n) is 3.25. The average molecular weight is 250 g/mol. The largest absolute Gasteiger partial charge is 0.275 e. The molecular formula is C14H26N4. The van der Waals surface area contributed by atoms with Gasteiger partial charge in [0.05, 0.1) is 12.2 Å². The zero-order chi connectivity index (χ0) is 13.1. The second kappa shape index (κ2) is 5.85. The van der Waals surface area contributed by atoms with Crippen LogP contribution >= 0.6 is 0 Å². The third kappa shape index (κ3) is 2.93. The Morgan fingerprint density at radius 3 is 2.33 bits per heavy atom. The van der Waals surface area contributed by atoms with Crippen LogP contribution in [-0.2, 0) is 7.05 Å². The predicted octanol–water partition coefficient (Wildman–Crippen LogP) is 2.39. The molecule has 102 valence electrons. The van der Waals surface area contributed by atoms with E-state index in [-0.39, 0.29) is 6.04 Å². The van der Waals surface area contributed by atoms with E-state index < -0.39 is 0 Å². The first-order valence-corrected chi connectivity index (χ1v) is 7.06. The Labute approximate surface area is 110 Å². The molecule has 0 aliphatic heterocycles. The van der Waals surface area contributed by atoms with Gasteiger partial charge in [-0.05, 0) is 43.4 Å². The van der Waals surface area contributed by atoms with Gasteiger partial charge in [-0.25, -0.2) is 0 Å². The standard InChI is InChI=1S/C14H26N4/c1-10(2)11-4-6-12(7-5-11)14(17-15)13-8-16-18(3)9-13/h8-12,14,17H,4-7,15H2,1-3H3. The van der Waals surface area contributed by atoms with Crippen molar-refractivity contribution < 1.29 is 0 Å². The number of nitrogens with two attached hydrogens (primary N) is 1. The highest BCUT2D eigenvalue weighted by atomic mass is 15.3. The maximum Gasteiger partial charge on any atom is 0.0538 e. The van der Waals surface area contributed by atoms with Crippen molar-refractivity contribution in [1.29, 1.82) is 0 Å². The van der Waals surface area contributed by atoms with E-state index in [0.29, 0.717) is 5.92 Å². The molecule has 0 spiro atoms. The normalized spacial score (nSPS) is 26.5. The van der Waals surface area contributed by atoms with E-state index in [0.717, 1.165) is 11.8 Å². The highest BCUT2D eigenvalue weighted by molar-refractivity contribution is 5.11. The molecule has 1 fully saturated rings. The molecule has 0 amide bonds. The first-order chi connectivity index (χ1) is 8.61. The monoisotopic (exact) mass is 250 g/mol. The van der Waals surface area contributed by atoms with Gasteiger partial charge in [0.15, 0.2) is 0 Å². The molecule has 1 heterocycles. The molecule has 0 aromatic carbocycles. The Hall–Kier alpha value is -0.870. The number of nitrogens with zero attached hydrogens (tertiary/aromatic N) is 2. The van der Waals surface area contributed by atoms with E-state index in [9.17, 15) is 0 Å². The summed E-state index contributed by atoms with van der Waals surface area (Å²) in [5.74, 6) is 8.11. The topological polar surface area (TPSA) is 55.9 Å². The van der Waals surface area contributed by atoms with Crippen molar-refractivity contribution in [3.05, 3.63) is 18.0 Å². The molecule has 1 saturated carbocycles. The number of hydrogen-bond donors (Lipinski definition) is 2. The fraction of sp³-hybridized carbons (Fsp3) is 0.786. The molecule has 0 bridgehead atoms. The lowest BCUT2D eigenvalue weighted by molar-refractivity contribution is 0.189. The zero-order valence-electron chi connectivity index (χ0n) is 11.8. The van der Waals surface area contributed by atoms with Crippen LogP contribution in [0.1, 0.15) is 51.1 Å². The maximum atomic E-state index is 5.75. The van der Waals surface area contributed by atoms with Crippen molar-refractivity contribution in [2.24, 2.45) is 30.6 Å². The minimum Gasteiger partial charge on any atom is -0.275 e. The number of hydrazine groups is 1. The minimum absolute atomic E-state index is 0.256. The van der Waals surface area contributed by atoms with Crippen LogP contribution in [0, 0.1) is 17.8 Å². The third-order valence-corrected chi connectivity index (χ3v) is 4.49. The van der Waals surface area contributed by atoms with Crippen LogP contribution < -0.4 is 11.3 Å². The van der Waals surface area contributed by atoms with E-state index in [1.165, 1.54) is 31.2 Å². The third-order valence-electron chi connectivity index (χ3n) is 4.49. The van der Waals surface area contributed by atoms with Crippen LogP contribution in [0.15, 0.2) is 12.4 Å². The Morgan fingerprint density at radius 1 is 1.28 bits per heavy atom. The molecule has 1 aliphatic carbocycles. The quantitative estimate of drug-likeness (QED) is 0.637. The molecule has 0 radical (unpaired) electrons. The van der Waals surface area contributed by atoms with Gasteiger partial charge in [0.1, 0.15) is 0 Å². The summed E-state index contributed by atoms with van der Waals surface area (Å²) in [6, 6.07) is 0.256. The molecule has 0 saturated heterocycles. The molecule has 2 rings (SSSR count). The zero-order valence-corrected chi connectivity index (χ0v) is 11.8. The van der Waals surface area contributed by atoms with Crippen LogP contribution in [-0.4, -0.2) is 9.78 Å². The van der Waals surface area contributed by atoms with Gasteiger partial charge in [-0.2, -0.15) is 5.10 Å². The summed E-state index contributed by atoms with van der Waals surface area (Å²) in [5, 5.41) is 4.24. The molecule has 4 heteroatoms. The summed E-state index contributed by atoms with van der Waals surface area (Å²) in [6.45, 7) is 4.68. The molecule has 1 aromatic rings. The van der Waals surface area contributed by atoms with Crippen molar-refractivity contribution in [2.45, 2.75) is 45.6 Å². The molecular weight excluding hydrogens is 224 g/mol. The van der Waals surface area contributed by atoms with E-state index in [1.54, 1.807) is 0 Å². The van der Waals surface area contributed by atoms with E-state index in [4.69, 9.17) is 5.84 Å². The smallest absolute Gasteiger partial charge is 0.0538 e. The minimum atomic E-state index is 0.256. The van der Waals surface area contributed by atoms with E-state index in [1.807, 2.05) is 17.9 Å². The summed E-state index contributed by atoms with van der Waals surface area (Å²) in [6.07, 6.45) is 9.21. The Morgan fingerprint density at radius 2 is 1.89 bits per heavy atom. The number of rotatable bonds is 4. The van der Waals surface area contributed by atoms with Crippen LogP contribution in [0.2, 0.25) is 0 Å². The van der Waals surface area contributed by atoms with Gasteiger partial charge in [0, 0.05) is 18.8 Å². The van der Waals surface area contributed by atoms with Gasteiger partial charge in [0.2, 0.25) is 0 Å². The van der Waals surface area contributed by atoms with Crippen molar-refractivity contribution in [3.8, 4) is 0 Å². The summed E-state index contributed by atoms with van der Waals surface area (Å²) >= 11 is 0. The first kappa shape index (κ1) is 13.6. The number of aromatic nitrogens is 2. The predicted molar refractivity (Wildman–Crippen MR) is 73.6 cm³/mol. The SMILES string of the molecule is CC(C)C1CCC(C(NN)c2cnn(C)c2)CC1. The van der Waals surface area contributed by atoms with E-state index in [2.05, 4.69) is 30.6 Å². The van der Waals surface area contributed by atoms with Crippen LogP contribution in [0.25, 0.3) is 0 Å². The van der Waals surface area contributed by atoms with Crippen LogP contribution in [0.4, 0.5) is 0 Å². The average Bonchev–Trinajstić information content (AvgIpc) is 2.77. The van der Waals surface area contributed by atoms with Gasteiger partial charge in [-0.1, -0.05) is 13.8 Å². The summed E-state index contributed by atoms with van der Waals surface area (Å²) in [5.41, 5.74) is 4.21. The number of hydrogen-bond acceptors (Lipinski definition) is 3. The van der Waals surface area contributed by atoms with E-state index >= 15 is 0 Å². The first-order valence-electron chi connectivity index (χ1n) is 7.06. The summed E-state index contributed by atoms with van der Waals surface area (Å²) in [7, 11) is 1.95. The Bertz CT molecular complexity index is 364. The number of aryl methyl sites for hydroxylation is 1. The van der Waals surface area contributed by atoms with Gasteiger partial charge < -0.3 is 0 Å². The Balaban J connectivity index is 1.98. The maximum absolute atomic E-state index is 5.75. The van der Waals surface area contributed by atoms with Gasteiger partial charge in [0.25, 0.3) is 0 Å².